The number of fused-ring (bicyclic) bond motifs is 5. The third-order valence-electron chi connectivity index (χ3n) is 14.5. The van der Waals surface area contributed by atoms with Gasteiger partial charge in [0.25, 0.3) is 0 Å². The van der Waals surface area contributed by atoms with Gasteiger partial charge in [-0.05, 0) is 55.0 Å². The number of aliphatic carboxylic acids is 1. The van der Waals surface area contributed by atoms with Crippen molar-refractivity contribution in [3.05, 3.63) is 82.9 Å². The third kappa shape index (κ3) is 10.6. The number of carbonyl (C=O) groups excluding carboxylic acids is 6. The molecule has 0 unspecified atom stereocenters. The Morgan fingerprint density at radius 1 is 0.913 bits per heavy atom. The summed E-state index contributed by atoms with van der Waals surface area (Å²) >= 11 is 0. The Kier molecular flexibility index (Phi) is 17.1. The number of ether oxygens (including phenoxy) is 5. The van der Waals surface area contributed by atoms with Crippen molar-refractivity contribution in [2.24, 2.45) is 28.4 Å². The van der Waals surface area contributed by atoms with E-state index in [0.717, 1.165) is 26.7 Å². The second kappa shape index (κ2) is 21.6. The number of hydrogen-bond acceptors (Lipinski definition) is 16. The minimum Gasteiger partial charge on any atom is -0.480 e. The van der Waals surface area contributed by atoms with Crippen LogP contribution in [0, 0.1) is 22.7 Å². The predicted octanol–water partition coefficient (Wildman–Crippen LogP) is 4.06. The normalized spacial score (nSPS) is 30.1. The second-order valence-electron chi connectivity index (χ2n) is 19.6. The van der Waals surface area contributed by atoms with E-state index >= 15 is 4.79 Å². The number of benzene rings is 2. The Hall–Kier alpha value is -5.53. The zero-order chi connectivity index (χ0) is 51.4. The molecule has 378 valence electrons. The Morgan fingerprint density at radius 2 is 1.52 bits per heavy atom. The molecule has 18 nitrogen and oxygen atoms in total. The molecule has 3 aliphatic carbocycles. The minimum absolute atomic E-state index is 0.0127. The van der Waals surface area contributed by atoms with Crippen LogP contribution in [0.4, 0.5) is 0 Å². The van der Waals surface area contributed by atoms with E-state index in [2.05, 4.69) is 5.32 Å². The van der Waals surface area contributed by atoms with Crippen molar-refractivity contribution in [2.45, 2.75) is 161 Å². The number of carboxylic acids is 1. The zero-order valence-corrected chi connectivity index (χ0v) is 40.8. The highest BCUT2D eigenvalue weighted by Crippen LogP contribution is 2.64. The number of esters is 4. The van der Waals surface area contributed by atoms with Gasteiger partial charge in [0, 0.05) is 38.5 Å². The van der Waals surface area contributed by atoms with Crippen molar-refractivity contribution in [1.82, 2.24) is 5.32 Å². The van der Waals surface area contributed by atoms with Gasteiger partial charge in [-0.25, -0.2) is 9.59 Å². The summed E-state index contributed by atoms with van der Waals surface area (Å²) in [4.78, 5) is 93.0. The van der Waals surface area contributed by atoms with Gasteiger partial charge in [0.05, 0.1) is 35.6 Å². The monoisotopic (exact) mass is 964 g/mol. The molecule has 3 fully saturated rings. The summed E-state index contributed by atoms with van der Waals surface area (Å²) in [5, 5.41) is 48.4. The quantitative estimate of drug-likeness (QED) is 0.0635. The molecule has 2 aromatic rings. The maximum atomic E-state index is 15.5. The number of ketones is 1. The van der Waals surface area contributed by atoms with Crippen molar-refractivity contribution in [3.63, 3.8) is 0 Å². The van der Waals surface area contributed by atoms with Gasteiger partial charge in [-0.15, -0.1) is 0 Å². The number of Topliss-reactive ketones (excluding diaryl/α,β-unsaturated/α-hetero) is 1. The van der Waals surface area contributed by atoms with Crippen molar-refractivity contribution < 1.29 is 77.7 Å². The fraction of sp³-hybridized carbons (Fsp3) is 0.588. The highest BCUT2D eigenvalue weighted by atomic mass is 16.6. The van der Waals surface area contributed by atoms with Crippen molar-refractivity contribution in [3.8, 4) is 0 Å². The maximum absolute atomic E-state index is 15.5. The number of nitrogens with one attached hydrogen (secondary N) is 1. The van der Waals surface area contributed by atoms with Crippen LogP contribution in [-0.4, -0.2) is 122 Å². The van der Waals surface area contributed by atoms with Gasteiger partial charge in [0.15, 0.2) is 23.6 Å². The summed E-state index contributed by atoms with van der Waals surface area (Å²) in [6.07, 6.45) is -7.92. The molecule has 18 heteroatoms. The number of amides is 1. The smallest absolute Gasteiger partial charge is 0.338 e. The Bertz CT molecular complexity index is 2270. The first-order valence-electron chi connectivity index (χ1n) is 23.4. The van der Waals surface area contributed by atoms with E-state index in [-0.39, 0.29) is 42.1 Å². The molecule has 6 rings (SSSR count). The molecule has 69 heavy (non-hydrogen) atoms. The molecule has 2 saturated carbocycles. The largest absolute Gasteiger partial charge is 0.480 e. The zero-order valence-electron chi connectivity index (χ0n) is 40.8. The van der Waals surface area contributed by atoms with Crippen LogP contribution in [-0.2, 0) is 52.5 Å². The number of aliphatic hydroxyl groups is 3. The van der Waals surface area contributed by atoms with Gasteiger partial charge in [0.2, 0.25) is 5.91 Å². The second-order valence-corrected chi connectivity index (χ2v) is 19.6. The van der Waals surface area contributed by atoms with Crippen LogP contribution in [0.15, 0.2) is 71.8 Å². The van der Waals surface area contributed by atoms with Crippen LogP contribution in [0.1, 0.15) is 123 Å². The Morgan fingerprint density at radius 3 is 2.03 bits per heavy atom. The third-order valence-corrected chi connectivity index (χ3v) is 14.5. The average molecular weight is 965 g/mol. The summed E-state index contributed by atoms with van der Waals surface area (Å²) < 4.78 is 30.3. The number of rotatable bonds is 15. The standard InChI is InChI=1S/C46H57NO14.C5H11NO2/c1-8-9-12-21-33(51)47-35(28-17-13-10-14-18-28)36(52)42(55)59-30-23-46(56)40(60-41(54)29-19-15-11-16-20-29)38-44(7,31(50)22-32-45(38,24-57-32)61-27(4)49)39(53)37(58-26(3)48)34(25(30)2)43(46,5)6;1-3(2)4(6)5(7)8/h10-11,13-20,30-32,35-38,40,50,52,56H,8-9,12,21-24H2,1-7H3,(H,47,51);3-4H,6H2,1-2H3,(H,7,8)/t30-,31-,32+,35-,36+,37+,38-,40-,44+,45-,46+;4-/m00/s1. The Labute approximate surface area is 402 Å². The minimum atomic E-state index is -2.37. The first-order valence-corrected chi connectivity index (χ1v) is 23.4. The number of carbonyl (C=O) groups is 7. The van der Waals surface area contributed by atoms with E-state index < -0.39 is 125 Å². The molecular weight excluding hydrogens is 897 g/mol. The molecule has 1 heterocycles. The molecule has 0 spiro atoms. The number of carboxylic acid groups (broad SMARTS) is 1. The lowest BCUT2D eigenvalue weighted by atomic mass is 9.44. The van der Waals surface area contributed by atoms with Crippen molar-refractivity contribution in [1.29, 1.82) is 0 Å². The molecule has 7 N–H and O–H groups in total. The van der Waals surface area contributed by atoms with Crippen LogP contribution >= 0.6 is 0 Å². The molecule has 12 atom stereocenters. The fourth-order valence-corrected chi connectivity index (χ4v) is 10.4. The predicted molar refractivity (Wildman–Crippen MR) is 247 cm³/mol. The van der Waals surface area contributed by atoms with Crippen LogP contribution in [0.5, 0.6) is 0 Å². The summed E-state index contributed by atoms with van der Waals surface area (Å²) in [7, 11) is 0. The molecule has 2 aromatic carbocycles. The van der Waals surface area contributed by atoms with Gasteiger partial charge in [0.1, 0.15) is 30.0 Å². The van der Waals surface area contributed by atoms with Gasteiger partial charge in [-0.1, -0.05) is 96.0 Å². The molecule has 2 bridgehead atoms. The highest BCUT2D eigenvalue weighted by molar-refractivity contribution is 5.95. The molecule has 1 saturated heterocycles. The van der Waals surface area contributed by atoms with Gasteiger partial charge in [-0.2, -0.15) is 0 Å². The van der Waals surface area contributed by atoms with Gasteiger partial charge in [-0.3, -0.25) is 24.0 Å². The highest BCUT2D eigenvalue weighted by Gasteiger charge is 2.78. The maximum Gasteiger partial charge on any atom is 0.338 e. The first kappa shape index (κ1) is 54.4. The molecule has 0 aromatic heterocycles. The lowest BCUT2D eigenvalue weighted by Crippen LogP contribution is -2.82. The van der Waals surface area contributed by atoms with Crippen molar-refractivity contribution >= 4 is 41.5 Å². The topological polar surface area (TPSA) is 285 Å². The van der Waals surface area contributed by atoms with Crippen LogP contribution in [0.3, 0.4) is 0 Å². The van der Waals surface area contributed by atoms with Crippen LogP contribution < -0.4 is 11.1 Å². The van der Waals surface area contributed by atoms with Crippen LogP contribution in [0.25, 0.3) is 0 Å². The first-order chi connectivity index (χ1) is 32.3. The van der Waals surface area contributed by atoms with Crippen molar-refractivity contribution in [2.75, 3.05) is 6.61 Å². The number of aliphatic hydroxyl groups excluding tert-OH is 2. The molecular formula is C51H68N2O16. The summed E-state index contributed by atoms with van der Waals surface area (Å²) in [5.74, 6) is -7.46. The summed E-state index contributed by atoms with van der Waals surface area (Å²) in [5.41, 5.74) is -1.96. The molecule has 1 amide bonds. The van der Waals surface area contributed by atoms with E-state index in [0.29, 0.717) is 12.0 Å². The molecule has 1 aliphatic heterocycles. The number of nitrogens with two attached hydrogens (primary N) is 1. The van der Waals surface area contributed by atoms with E-state index in [9.17, 15) is 44.1 Å². The summed E-state index contributed by atoms with van der Waals surface area (Å²) in [6, 6.07) is 14.3. The summed E-state index contributed by atoms with van der Waals surface area (Å²) in [6.45, 7) is 13.6. The van der Waals surface area contributed by atoms with E-state index in [1.807, 2.05) is 6.92 Å². The van der Waals surface area contributed by atoms with Gasteiger partial charge >= 0.3 is 29.8 Å². The molecule has 4 aliphatic rings. The van der Waals surface area contributed by atoms with E-state index in [1.54, 1.807) is 76.2 Å². The lowest BCUT2D eigenvalue weighted by Gasteiger charge is -2.67. The Balaban J connectivity index is 0.00000102. The van der Waals surface area contributed by atoms with E-state index in [1.165, 1.54) is 26.0 Å². The van der Waals surface area contributed by atoms with E-state index in [4.69, 9.17) is 34.5 Å². The fourth-order valence-electron chi connectivity index (χ4n) is 10.4. The van der Waals surface area contributed by atoms with Crippen LogP contribution in [0.2, 0.25) is 0 Å². The number of unbranched alkanes of at least 4 members (excludes halogenated alkanes) is 2. The average Bonchev–Trinajstić information content (AvgIpc) is 3.29. The lowest BCUT2D eigenvalue weighted by molar-refractivity contribution is -0.346. The number of hydrogen-bond donors (Lipinski definition) is 6. The van der Waals surface area contributed by atoms with Gasteiger partial charge < -0.3 is 55.2 Å². The molecule has 0 radical (unpaired) electrons. The SMILES string of the molecule is CC(C)[C@H](N)C(=O)O.CCCCCC(=O)N[C@@H](c1ccccc1)[C@@H](O)C(=O)O[C@H]1C[C@@]2(O)[C@@H](OC(=O)c3ccccc3)[C@@H]3[C@]4(OC(C)=O)CO[C@@H]4C[C@H](O)[C@@]3(C)C(=O)[C@H](OC(C)=O)C(=C1C)C2(C)C.